The van der Waals surface area contributed by atoms with Crippen LogP contribution in [0.3, 0.4) is 0 Å². The van der Waals surface area contributed by atoms with Crippen LogP contribution < -0.4 is 16.2 Å². The lowest BCUT2D eigenvalue weighted by molar-refractivity contribution is -0.122. The van der Waals surface area contributed by atoms with Crippen LogP contribution in [0, 0.1) is 5.92 Å². The first kappa shape index (κ1) is 20.2. The lowest BCUT2D eigenvalue weighted by atomic mass is 9.79. The van der Waals surface area contributed by atoms with Gasteiger partial charge in [0.1, 0.15) is 5.75 Å². The van der Waals surface area contributed by atoms with E-state index < -0.39 is 0 Å². The van der Waals surface area contributed by atoms with Gasteiger partial charge in [0, 0.05) is 37.2 Å². The lowest BCUT2D eigenvalue weighted by Crippen LogP contribution is -2.40. The molecule has 1 aromatic carbocycles. The molecule has 0 bridgehead atoms. The Morgan fingerprint density at radius 1 is 1.16 bits per heavy atom. The normalized spacial score (nSPS) is 19.2. The van der Waals surface area contributed by atoms with E-state index in [1.165, 1.54) is 6.20 Å². The number of phenols is 1. The van der Waals surface area contributed by atoms with E-state index in [1.54, 1.807) is 18.2 Å². The van der Waals surface area contributed by atoms with E-state index in [0.717, 1.165) is 0 Å². The smallest absolute Gasteiger partial charge is 0.262 e. The van der Waals surface area contributed by atoms with Gasteiger partial charge in [-0.2, -0.15) is 4.98 Å². The first-order valence-corrected chi connectivity index (χ1v) is 10.7. The molecule has 0 radical (unpaired) electrons. The number of H-pyrrole nitrogens is 1. The maximum Gasteiger partial charge on any atom is 0.262 e. The number of amides is 1. The molecule has 5 rings (SSSR count). The third-order valence-corrected chi connectivity index (χ3v) is 6.59. The maximum absolute atomic E-state index is 13.1. The molecular weight excluding hydrogens is 410 g/mol. The number of aromatic hydroxyl groups is 1. The Bertz CT molecular complexity index is 1290. The third-order valence-electron chi connectivity index (χ3n) is 6.59. The summed E-state index contributed by atoms with van der Waals surface area (Å²) in [6, 6.07) is 6.96. The van der Waals surface area contributed by atoms with Gasteiger partial charge in [0.15, 0.2) is 11.4 Å². The number of nitrogens with one attached hydrogen (secondary N) is 1. The van der Waals surface area contributed by atoms with Gasteiger partial charge in [0.2, 0.25) is 11.9 Å². The third kappa shape index (κ3) is 3.39. The van der Waals surface area contributed by atoms with Crippen LogP contribution in [-0.4, -0.2) is 44.8 Å². The highest BCUT2D eigenvalue weighted by Crippen LogP contribution is 2.38. The van der Waals surface area contributed by atoms with Gasteiger partial charge in [-0.05, 0) is 42.4 Å². The van der Waals surface area contributed by atoms with E-state index in [0.29, 0.717) is 60.4 Å². The minimum Gasteiger partial charge on any atom is -0.508 e. The Kier molecular flexibility index (Phi) is 4.88. The molecule has 1 aliphatic heterocycles. The number of nitrogens with zero attached hydrogens (tertiary/aromatic N) is 3. The molecule has 3 aromatic rings. The van der Waals surface area contributed by atoms with Crippen LogP contribution in [-0.2, 0) is 11.2 Å². The van der Waals surface area contributed by atoms with E-state index in [9.17, 15) is 19.5 Å². The predicted octanol–water partition coefficient (Wildman–Crippen LogP) is 1.64. The molecule has 1 amide bonds. The van der Waals surface area contributed by atoms with E-state index in [4.69, 9.17) is 5.73 Å². The van der Waals surface area contributed by atoms with Crippen molar-refractivity contribution in [2.45, 2.75) is 31.6 Å². The first-order valence-electron chi connectivity index (χ1n) is 10.7. The number of pyridine rings is 1. The van der Waals surface area contributed by atoms with Crippen molar-refractivity contribution in [2.24, 2.45) is 11.7 Å². The number of phenolic OH excluding ortho intramolecular Hbond substituents is 1. The molecule has 164 valence electrons. The number of piperidine rings is 1. The molecule has 0 spiro atoms. The van der Waals surface area contributed by atoms with Gasteiger partial charge in [-0.15, -0.1) is 0 Å². The molecule has 2 aliphatic rings. The van der Waals surface area contributed by atoms with Crippen LogP contribution >= 0.6 is 0 Å². The monoisotopic (exact) mass is 433 g/mol. The quantitative estimate of drug-likeness (QED) is 0.570. The summed E-state index contributed by atoms with van der Waals surface area (Å²) < 4.78 is 0. The Balaban J connectivity index is 1.53. The summed E-state index contributed by atoms with van der Waals surface area (Å²) >= 11 is 0. The molecule has 2 aromatic heterocycles. The number of carbonyl (C=O) groups is 2. The number of para-hydroxylation sites is 1. The van der Waals surface area contributed by atoms with Crippen molar-refractivity contribution in [3.8, 4) is 5.75 Å². The number of hydrogen-bond acceptors (Lipinski definition) is 7. The molecule has 1 fully saturated rings. The Hall–Kier alpha value is -3.75. The molecule has 1 saturated heterocycles. The first-order chi connectivity index (χ1) is 15.4. The fourth-order valence-electron chi connectivity index (χ4n) is 4.84. The molecule has 0 saturated carbocycles. The van der Waals surface area contributed by atoms with Gasteiger partial charge < -0.3 is 15.7 Å². The second-order valence-corrected chi connectivity index (χ2v) is 8.49. The minimum absolute atomic E-state index is 0.106. The number of ketones is 1. The van der Waals surface area contributed by atoms with E-state index in [1.807, 2.05) is 11.0 Å². The fraction of sp³-hybridized carbons (Fsp3) is 0.348. The van der Waals surface area contributed by atoms with Gasteiger partial charge in [-0.1, -0.05) is 18.2 Å². The summed E-state index contributed by atoms with van der Waals surface area (Å²) in [5.41, 5.74) is 7.08. The Labute approximate surface area is 183 Å². The number of nitrogens with two attached hydrogens (primary N) is 1. The predicted molar refractivity (Wildman–Crippen MR) is 118 cm³/mol. The van der Waals surface area contributed by atoms with Crippen molar-refractivity contribution < 1.29 is 14.7 Å². The van der Waals surface area contributed by atoms with Gasteiger partial charge in [0.25, 0.3) is 5.56 Å². The van der Waals surface area contributed by atoms with Crippen LogP contribution in [0.15, 0.2) is 35.3 Å². The molecule has 9 nitrogen and oxygen atoms in total. The number of anilines is 1. The molecule has 1 atom stereocenters. The number of benzene rings is 1. The molecule has 1 unspecified atom stereocenters. The SMILES string of the molecule is NC(=O)C1CCN(c2nc3ncc4c(c3c(=O)[nH]2)CC(c2ccccc2O)CC4=O)CC1. The summed E-state index contributed by atoms with van der Waals surface area (Å²) in [4.78, 5) is 51.0. The van der Waals surface area contributed by atoms with E-state index in [2.05, 4.69) is 15.0 Å². The van der Waals surface area contributed by atoms with E-state index in [-0.39, 0.29) is 46.9 Å². The van der Waals surface area contributed by atoms with Crippen LogP contribution in [0.25, 0.3) is 11.0 Å². The number of aromatic nitrogens is 3. The van der Waals surface area contributed by atoms with Crippen LogP contribution in [0.4, 0.5) is 5.95 Å². The fourth-order valence-corrected chi connectivity index (χ4v) is 4.84. The van der Waals surface area contributed by atoms with Crippen molar-refractivity contribution in [1.82, 2.24) is 15.0 Å². The van der Waals surface area contributed by atoms with Gasteiger partial charge in [-0.3, -0.25) is 19.4 Å². The summed E-state index contributed by atoms with van der Waals surface area (Å²) in [5.74, 6) is -0.264. The molecular formula is C23H23N5O4. The summed E-state index contributed by atoms with van der Waals surface area (Å²) in [6.07, 6.45) is 3.38. The highest BCUT2D eigenvalue weighted by molar-refractivity contribution is 6.02. The average Bonchev–Trinajstić information content (AvgIpc) is 2.78. The zero-order valence-electron chi connectivity index (χ0n) is 17.4. The highest BCUT2D eigenvalue weighted by Gasteiger charge is 2.31. The summed E-state index contributed by atoms with van der Waals surface area (Å²) in [7, 11) is 0. The maximum atomic E-state index is 13.1. The molecule has 1 aliphatic carbocycles. The standard InChI is InChI=1S/C23H23N5O4/c24-20(31)12-5-7-28(8-6-12)23-26-21-19(22(32)27-23)15-9-13(10-18(30)16(15)11-25-21)14-3-1-2-4-17(14)29/h1-4,11-13,29H,5-10H2,(H2,24,31)(H,25,26,27,32). The van der Waals surface area contributed by atoms with Crippen molar-refractivity contribution in [1.29, 1.82) is 0 Å². The lowest BCUT2D eigenvalue weighted by Gasteiger charge is -2.31. The highest BCUT2D eigenvalue weighted by atomic mass is 16.3. The number of hydrogen-bond donors (Lipinski definition) is 3. The topological polar surface area (TPSA) is 142 Å². The second kappa shape index (κ2) is 7.74. The molecule has 4 N–H and O–H groups in total. The van der Waals surface area contributed by atoms with Crippen LogP contribution in [0.2, 0.25) is 0 Å². The summed E-state index contributed by atoms with van der Waals surface area (Å²) in [5, 5.41) is 10.6. The Morgan fingerprint density at radius 3 is 2.62 bits per heavy atom. The Morgan fingerprint density at radius 2 is 1.91 bits per heavy atom. The number of primary amides is 1. The molecule has 32 heavy (non-hydrogen) atoms. The van der Waals surface area contributed by atoms with Crippen LogP contribution in [0.1, 0.15) is 46.7 Å². The molecule has 3 heterocycles. The van der Waals surface area contributed by atoms with E-state index >= 15 is 0 Å². The number of aromatic amines is 1. The van der Waals surface area contributed by atoms with Gasteiger partial charge >= 0.3 is 0 Å². The van der Waals surface area contributed by atoms with Crippen molar-refractivity contribution >= 4 is 28.7 Å². The molecule has 9 heteroatoms. The number of fused-ring (bicyclic) bond motifs is 3. The largest absolute Gasteiger partial charge is 0.508 e. The van der Waals surface area contributed by atoms with Crippen molar-refractivity contribution in [3.63, 3.8) is 0 Å². The van der Waals surface area contributed by atoms with Crippen LogP contribution in [0.5, 0.6) is 5.75 Å². The number of carbonyl (C=O) groups excluding carboxylic acids is 2. The zero-order chi connectivity index (χ0) is 22.4. The summed E-state index contributed by atoms with van der Waals surface area (Å²) in [6.45, 7) is 1.11. The number of Topliss-reactive ketones (excluding diaryl/α,β-unsaturated/α-hetero) is 1. The van der Waals surface area contributed by atoms with Gasteiger partial charge in [0.05, 0.1) is 5.39 Å². The van der Waals surface area contributed by atoms with Crippen molar-refractivity contribution in [3.05, 3.63) is 57.5 Å². The minimum atomic E-state index is -0.350. The average molecular weight is 433 g/mol. The number of rotatable bonds is 3. The zero-order valence-corrected chi connectivity index (χ0v) is 17.4. The van der Waals surface area contributed by atoms with Gasteiger partial charge in [-0.25, -0.2) is 4.98 Å². The second-order valence-electron chi connectivity index (χ2n) is 8.49. The van der Waals surface area contributed by atoms with Crippen molar-refractivity contribution in [2.75, 3.05) is 18.0 Å².